The number of piperazine rings is 1. The van der Waals surface area contributed by atoms with Gasteiger partial charge in [0, 0.05) is 51.4 Å². The van der Waals surface area contributed by atoms with Crippen LogP contribution in [0.1, 0.15) is 51.8 Å². The quantitative estimate of drug-likeness (QED) is 0.666. The molecule has 3 rings (SSSR count). The lowest BCUT2D eigenvalue weighted by Crippen LogP contribution is -2.53. The van der Waals surface area contributed by atoms with E-state index in [4.69, 9.17) is 0 Å². The number of benzene rings is 1. The molecule has 29 heavy (non-hydrogen) atoms. The lowest BCUT2D eigenvalue weighted by molar-refractivity contribution is 0.0507. The fraction of sp³-hybridized carbons (Fsp3) is 0.526. The fourth-order valence-electron chi connectivity index (χ4n) is 3.52. The van der Waals surface area contributed by atoms with E-state index in [0.29, 0.717) is 11.1 Å². The number of hydrogen-bond acceptors (Lipinski definition) is 5. The van der Waals surface area contributed by atoms with Crippen molar-refractivity contribution in [1.29, 1.82) is 0 Å². The summed E-state index contributed by atoms with van der Waals surface area (Å²) in [7, 11) is -0.577. The van der Waals surface area contributed by atoms with Gasteiger partial charge in [-0.25, -0.2) is 0 Å². The van der Waals surface area contributed by atoms with Crippen molar-refractivity contribution in [3.05, 3.63) is 34.9 Å². The summed E-state index contributed by atoms with van der Waals surface area (Å²) in [5.74, 6) is -1.06. The van der Waals surface area contributed by atoms with Crippen molar-refractivity contribution in [3.63, 3.8) is 0 Å². The van der Waals surface area contributed by atoms with Crippen LogP contribution in [0.25, 0.3) is 0 Å². The van der Waals surface area contributed by atoms with Gasteiger partial charge >= 0.3 is 0 Å². The zero-order valence-electron chi connectivity index (χ0n) is 17.3. The molecule has 2 aliphatic rings. The van der Waals surface area contributed by atoms with Crippen molar-refractivity contribution in [2.75, 3.05) is 40.3 Å². The molecule has 0 bridgehead atoms. The summed E-state index contributed by atoms with van der Waals surface area (Å²) >= 11 is 0. The number of carbonyl (C=O) groups excluding carboxylic acids is 3. The van der Waals surface area contributed by atoms with Gasteiger partial charge in [-0.1, -0.05) is 0 Å². The predicted octanol–water partition coefficient (Wildman–Crippen LogP) is 0.645. The van der Waals surface area contributed by atoms with E-state index in [1.807, 2.05) is 0 Å². The van der Waals surface area contributed by atoms with Crippen LogP contribution in [0.2, 0.25) is 0 Å². The molecule has 0 spiro atoms. The Bertz CT molecular complexity index is 973. The van der Waals surface area contributed by atoms with Crippen molar-refractivity contribution in [2.24, 2.45) is 0 Å². The first-order valence-corrected chi connectivity index (χ1v) is 10.7. The molecule has 0 aromatic heterocycles. The van der Waals surface area contributed by atoms with Crippen molar-refractivity contribution in [3.8, 4) is 0 Å². The standard InChI is InChI=1S/C19H26N4O5S/c1-19(2,3)23-17(25)14-7-6-13(12-15(14)18(23)26)16(24)21-8-10-22(11-9-21)29(27,28)20(4)5/h6-7,12H,8-11H2,1-5H3. The summed E-state index contributed by atoms with van der Waals surface area (Å²) in [6, 6.07) is 4.52. The Kier molecular flexibility index (Phi) is 5.31. The maximum atomic E-state index is 12.9. The average Bonchev–Trinajstić information content (AvgIpc) is 2.91. The van der Waals surface area contributed by atoms with Crippen LogP contribution in [0.5, 0.6) is 0 Å². The molecule has 0 atom stereocenters. The first-order valence-electron chi connectivity index (χ1n) is 9.35. The smallest absolute Gasteiger partial charge is 0.281 e. The lowest BCUT2D eigenvalue weighted by Gasteiger charge is -2.35. The summed E-state index contributed by atoms with van der Waals surface area (Å²) in [6.07, 6.45) is 0. The van der Waals surface area contributed by atoms with Gasteiger partial charge in [-0.3, -0.25) is 19.3 Å². The van der Waals surface area contributed by atoms with E-state index in [-0.39, 0.29) is 43.6 Å². The molecule has 0 aliphatic carbocycles. The molecule has 1 aromatic rings. The molecule has 1 fully saturated rings. The third kappa shape index (κ3) is 3.67. The van der Waals surface area contributed by atoms with Crippen molar-refractivity contribution >= 4 is 27.9 Å². The number of nitrogens with zero attached hydrogens (tertiary/aromatic N) is 4. The number of hydrogen-bond donors (Lipinski definition) is 0. The highest BCUT2D eigenvalue weighted by molar-refractivity contribution is 7.86. The Morgan fingerprint density at radius 1 is 0.966 bits per heavy atom. The Balaban J connectivity index is 1.78. The van der Waals surface area contributed by atoms with Gasteiger partial charge in [0.25, 0.3) is 27.9 Å². The molecule has 158 valence electrons. The summed E-state index contributed by atoms with van der Waals surface area (Å²) in [5, 5.41) is 0. The molecule has 0 unspecified atom stereocenters. The third-order valence-corrected chi connectivity index (χ3v) is 7.06. The number of amides is 3. The van der Waals surface area contributed by atoms with Gasteiger partial charge < -0.3 is 4.90 Å². The SMILES string of the molecule is CN(C)S(=O)(=O)N1CCN(C(=O)c2ccc3c(c2)C(=O)N(C(C)(C)C)C3=O)CC1. The number of fused-ring (bicyclic) bond motifs is 1. The second-order valence-electron chi connectivity index (χ2n) is 8.36. The van der Waals surface area contributed by atoms with Crippen LogP contribution < -0.4 is 0 Å². The maximum Gasteiger partial charge on any atom is 0.281 e. The minimum atomic E-state index is -3.51. The van der Waals surface area contributed by atoms with Crippen LogP contribution >= 0.6 is 0 Å². The predicted molar refractivity (Wildman–Crippen MR) is 107 cm³/mol. The first-order chi connectivity index (χ1) is 13.4. The molecule has 3 amide bonds. The van der Waals surface area contributed by atoms with E-state index in [9.17, 15) is 22.8 Å². The summed E-state index contributed by atoms with van der Waals surface area (Å²) < 4.78 is 26.9. The Morgan fingerprint density at radius 2 is 1.52 bits per heavy atom. The zero-order valence-corrected chi connectivity index (χ0v) is 18.1. The van der Waals surface area contributed by atoms with Gasteiger partial charge in [0.05, 0.1) is 11.1 Å². The molecule has 0 saturated carbocycles. The van der Waals surface area contributed by atoms with Crippen molar-refractivity contribution in [2.45, 2.75) is 26.3 Å². The minimum Gasteiger partial charge on any atom is -0.336 e. The second-order valence-corrected chi connectivity index (χ2v) is 10.5. The molecule has 1 saturated heterocycles. The van der Waals surface area contributed by atoms with Crippen molar-refractivity contribution < 1.29 is 22.8 Å². The molecule has 0 N–H and O–H groups in total. The van der Waals surface area contributed by atoms with Crippen LogP contribution in [0.3, 0.4) is 0 Å². The van der Waals surface area contributed by atoms with Gasteiger partial charge in [-0.05, 0) is 39.0 Å². The fourth-order valence-corrected chi connectivity index (χ4v) is 4.61. The second kappa shape index (κ2) is 7.19. The Morgan fingerprint density at radius 3 is 2.03 bits per heavy atom. The summed E-state index contributed by atoms with van der Waals surface area (Å²) in [5.41, 5.74) is 0.170. The van der Waals surface area contributed by atoms with E-state index in [1.54, 1.807) is 31.7 Å². The van der Waals surface area contributed by atoms with E-state index < -0.39 is 21.7 Å². The molecule has 2 aliphatic heterocycles. The van der Waals surface area contributed by atoms with Gasteiger partial charge in [-0.15, -0.1) is 0 Å². The Hall–Kier alpha value is -2.30. The molecule has 1 aromatic carbocycles. The van der Waals surface area contributed by atoms with Crippen LogP contribution in [-0.2, 0) is 10.2 Å². The maximum absolute atomic E-state index is 12.9. The van der Waals surface area contributed by atoms with E-state index >= 15 is 0 Å². The molecular weight excluding hydrogens is 396 g/mol. The third-order valence-electron chi connectivity index (χ3n) is 5.12. The van der Waals surface area contributed by atoms with Crippen molar-refractivity contribution in [1.82, 2.24) is 18.4 Å². The van der Waals surface area contributed by atoms with E-state index in [2.05, 4.69) is 0 Å². The normalized spacial score (nSPS) is 18.6. The summed E-state index contributed by atoms with van der Waals surface area (Å²) in [6.45, 7) is 6.25. The molecule has 9 nitrogen and oxygen atoms in total. The van der Waals surface area contributed by atoms with Crippen LogP contribution in [-0.4, -0.2) is 90.4 Å². The van der Waals surface area contributed by atoms with E-state index in [1.165, 1.54) is 35.4 Å². The van der Waals surface area contributed by atoms with E-state index in [0.717, 1.165) is 4.31 Å². The Labute approximate surface area is 171 Å². The minimum absolute atomic E-state index is 0.201. The van der Waals surface area contributed by atoms with Gasteiger partial charge in [-0.2, -0.15) is 17.0 Å². The van der Waals surface area contributed by atoms with Gasteiger partial charge in [0.2, 0.25) is 0 Å². The molecular formula is C19H26N4O5S. The largest absolute Gasteiger partial charge is 0.336 e. The van der Waals surface area contributed by atoms with Gasteiger partial charge in [0.1, 0.15) is 0 Å². The average molecular weight is 423 g/mol. The monoisotopic (exact) mass is 422 g/mol. The molecule has 10 heteroatoms. The topological polar surface area (TPSA) is 98.3 Å². The van der Waals surface area contributed by atoms with Gasteiger partial charge in [0.15, 0.2) is 0 Å². The van der Waals surface area contributed by atoms with Crippen LogP contribution in [0.15, 0.2) is 18.2 Å². The highest BCUT2D eigenvalue weighted by Gasteiger charge is 2.42. The van der Waals surface area contributed by atoms with Crippen LogP contribution in [0.4, 0.5) is 0 Å². The lowest BCUT2D eigenvalue weighted by atomic mass is 10.0. The number of imide groups is 1. The first kappa shape index (κ1) is 21.4. The highest BCUT2D eigenvalue weighted by Crippen LogP contribution is 2.30. The number of rotatable bonds is 3. The zero-order chi connectivity index (χ0) is 21.7. The molecule has 2 heterocycles. The highest BCUT2D eigenvalue weighted by atomic mass is 32.2. The molecule has 0 radical (unpaired) electrons. The van der Waals surface area contributed by atoms with Crippen LogP contribution in [0, 0.1) is 0 Å². The number of carbonyl (C=O) groups is 3. The summed E-state index contributed by atoms with van der Waals surface area (Å²) in [4.78, 5) is 41.0.